The molecule has 0 spiro atoms. The Morgan fingerprint density at radius 3 is 2.77 bits per heavy atom. The minimum Gasteiger partial charge on any atom is -0.351 e. The van der Waals surface area contributed by atoms with E-state index in [2.05, 4.69) is 5.32 Å². The van der Waals surface area contributed by atoms with Crippen LogP contribution in [0.5, 0.6) is 0 Å². The number of primary amides is 1. The molecule has 1 rings (SSSR count). The number of allylic oxidation sites excluding steroid dienone is 4. The molecule has 1 aliphatic rings. The SMILES string of the molecule is NC(=O)NC1=C(Cl)C=CC(=S)C1Cl. The van der Waals surface area contributed by atoms with Crippen LogP contribution in [0.2, 0.25) is 0 Å². The summed E-state index contributed by atoms with van der Waals surface area (Å²) < 4.78 is 0. The van der Waals surface area contributed by atoms with Crippen molar-refractivity contribution >= 4 is 46.3 Å². The van der Waals surface area contributed by atoms with Gasteiger partial charge in [-0.3, -0.25) is 0 Å². The van der Waals surface area contributed by atoms with Crippen molar-refractivity contribution in [1.29, 1.82) is 0 Å². The van der Waals surface area contributed by atoms with E-state index in [-0.39, 0.29) is 0 Å². The van der Waals surface area contributed by atoms with Crippen molar-refractivity contribution in [2.24, 2.45) is 5.73 Å². The summed E-state index contributed by atoms with van der Waals surface area (Å²) in [6.07, 6.45) is 3.18. The van der Waals surface area contributed by atoms with E-state index in [1.807, 2.05) is 0 Å². The molecule has 1 unspecified atom stereocenters. The molecule has 2 amide bonds. The first-order valence-electron chi connectivity index (χ1n) is 3.34. The summed E-state index contributed by atoms with van der Waals surface area (Å²) in [6, 6.07) is -0.711. The Labute approximate surface area is 90.6 Å². The number of nitrogens with one attached hydrogen (secondary N) is 1. The Hall–Kier alpha value is -0.580. The van der Waals surface area contributed by atoms with E-state index >= 15 is 0 Å². The van der Waals surface area contributed by atoms with Gasteiger partial charge in [-0.15, -0.1) is 11.6 Å². The van der Waals surface area contributed by atoms with Crippen molar-refractivity contribution in [1.82, 2.24) is 5.32 Å². The van der Waals surface area contributed by atoms with Crippen molar-refractivity contribution in [3.63, 3.8) is 0 Å². The Morgan fingerprint density at radius 1 is 1.62 bits per heavy atom. The summed E-state index contributed by atoms with van der Waals surface area (Å²) in [5.74, 6) is 0. The molecule has 0 aromatic carbocycles. The molecule has 1 atom stereocenters. The van der Waals surface area contributed by atoms with E-state index in [9.17, 15) is 4.79 Å². The number of hydrogen-bond acceptors (Lipinski definition) is 2. The second kappa shape index (κ2) is 4.09. The van der Waals surface area contributed by atoms with Gasteiger partial charge in [-0.2, -0.15) is 0 Å². The van der Waals surface area contributed by atoms with Crippen molar-refractivity contribution in [2.45, 2.75) is 5.38 Å². The van der Waals surface area contributed by atoms with Crippen LogP contribution in [-0.2, 0) is 0 Å². The highest BCUT2D eigenvalue weighted by Crippen LogP contribution is 2.23. The molecule has 0 aromatic heterocycles. The van der Waals surface area contributed by atoms with E-state index in [0.29, 0.717) is 15.6 Å². The summed E-state index contributed by atoms with van der Waals surface area (Å²) in [7, 11) is 0. The lowest BCUT2D eigenvalue weighted by Crippen LogP contribution is -2.35. The number of thiocarbonyl (C=S) groups is 1. The Morgan fingerprint density at radius 2 is 2.23 bits per heavy atom. The van der Waals surface area contributed by atoms with E-state index in [1.165, 1.54) is 0 Å². The third kappa shape index (κ3) is 2.43. The van der Waals surface area contributed by atoms with Crippen LogP contribution in [-0.4, -0.2) is 16.3 Å². The Kier molecular flexibility index (Phi) is 3.30. The first-order chi connectivity index (χ1) is 6.02. The van der Waals surface area contributed by atoms with Crippen molar-refractivity contribution in [3.8, 4) is 0 Å². The normalized spacial score (nSPS) is 22.0. The van der Waals surface area contributed by atoms with Gasteiger partial charge in [0.2, 0.25) is 0 Å². The number of alkyl halides is 1. The molecule has 0 fully saturated rings. The zero-order chi connectivity index (χ0) is 10.0. The van der Waals surface area contributed by atoms with Crippen LogP contribution in [0.15, 0.2) is 22.9 Å². The molecule has 0 saturated heterocycles. The predicted molar refractivity (Wildman–Crippen MR) is 57.0 cm³/mol. The van der Waals surface area contributed by atoms with Gasteiger partial charge in [-0.25, -0.2) is 4.79 Å². The van der Waals surface area contributed by atoms with Gasteiger partial charge in [-0.1, -0.05) is 23.8 Å². The van der Waals surface area contributed by atoms with E-state index < -0.39 is 11.4 Å². The maximum absolute atomic E-state index is 10.6. The lowest BCUT2D eigenvalue weighted by molar-refractivity contribution is 0.251. The summed E-state index contributed by atoms with van der Waals surface area (Å²) >= 11 is 16.5. The second-order valence-corrected chi connectivity index (χ2v) is 3.66. The summed E-state index contributed by atoms with van der Waals surface area (Å²) in [5, 5.41) is 2.07. The van der Waals surface area contributed by atoms with Crippen LogP contribution in [0.3, 0.4) is 0 Å². The first kappa shape index (κ1) is 10.5. The molecular formula is C7H6Cl2N2OS. The van der Waals surface area contributed by atoms with Gasteiger partial charge in [0, 0.05) is 4.86 Å². The van der Waals surface area contributed by atoms with E-state index in [4.69, 9.17) is 41.2 Å². The molecule has 0 saturated carbocycles. The van der Waals surface area contributed by atoms with Gasteiger partial charge in [0.05, 0.1) is 10.7 Å². The van der Waals surface area contributed by atoms with Crippen LogP contribution >= 0.6 is 35.4 Å². The molecule has 13 heavy (non-hydrogen) atoms. The standard InChI is InChI=1S/C7H6Cl2N2OS/c8-3-1-2-4(13)5(9)6(3)11-7(10)12/h1-2,5H,(H3,10,11,12). The molecule has 0 aromatic rings. The lowest BCUT2D eigenvalue weighted by atomic mass is 10.1. The van der Waals surface area contributed by atoms with Gasteiger partial charge < -0.3 is 11.1 Å². The van der Waals surface area contributed by atoms with Gasteiger partial charge in [0.25, 0.3) is 0 Å². The number of amides is 2. The summed E-state index contributed by atoms with van der Waals surface area (Å²) in [5.41, 5.74) is 5.26. The molecule has 0 heterocycles. The van der Waals surface area contributed by atoms with Crippen molar-refractivity contribution in [3.05, 3.63) is 22.9 Å². The highest BCUT2D eigenvalue weighted by Gasteiger charge is 2.22. The molecule has 1 aliphatic carbocycles. The topological polar surface area (TPSA) is 55.1 Å². The maximum atomic E-state index is 10.6. The first-order valence-corrected chi connectivity index (χ1v) is 4.56. The highest BCUT2D eigenvalue weighted by atomic mass is 35.5. The quantitative estimate of drug-likeness (QED) is 0.538. The molecule has 3 N–H and O–H groups in total. The molecule has 0 aliphatic heterocycles. The number of carbonyl (C=O) groups is 1. The Balaban J connectivity index is 2.95. The van der Waals surface area contributed by atoms with E-state index in [0.717, 1.165) is 0 Å². The van der Waals surface area contributed by atoms with Gasteiger partial charge in [-0.05, 0) is 12.2 Å². The fourth-order valence-corrected chi connectivity index (χ4v) is 1.55. The van der Waals surface area contributed by atoms with Gasteiger partial charge in [0.15, 0.2) is 0 Å². The number of rotatable bonds is 1. The van der Waals surface area contributed by atoms with Crippen LogP contribution in [0.1, 0.15) is 0 Å². The number of carbonyl (C=O) groups excluding carboxylic acids is 1. The third-order valence-corrected chi connectivity index (χ3v) is 2.70. The van der Waals surface area contributed by atoms with E-state index in [1.54, 1.807) is 12.2 Å². The minimum absolute atomic E-state index is 0.336. The van der Waals surface area contributed by atoms with Crippen molar-refractivity contribution < 1.29 is 4.79 Å². The Bertz CT molecular complexity index is 324. The third-order valence-electron chi connectivity index (χ3n) is 1.41. The van der Waals surface area contributed by atoms with Crippen LogP contribution in [0.4, 0.5) is 4.79 Å². The number of hydrogen-bond donors (Lipinski definition) is 2. The fourth-order valence-electron chi connectivity index (χ4n) is 0.849. The summed E-state index contributed by atoms with van der Waals surface area (Å²) in [6.45, 7) is 0. The number of halogens is 2. The molecule has 3 nitrogen and oxygen atoms in total. The predicted octanol–water partition coefficient (Wildman–Crippen LogP) is 1.65. The van der Waals surface area contributed by atoms with Crippen LogP contribution in [0, 0.1) is 0 Å². The smallest absolute Gasteiger partial charge is 0.316 e. The highest BCUT2D eigenvalue weighted by molar-refractivity contribution is 7.81. The number of urea groups is 1. The zero-order valence-electron chi connectivity index (χ0n) is 6.38. The molecule has 0 radical (unpaired) electrons. The summed E-state index contributed by atoms with van der Waals surface area (Å²) in [4.78, 5) is 11.1. The van der Waals surface area contributed by atoms with Gasteiger partial charge >= 0.3 is 6.03 Å². The minimum atomic E-state index is -0.711. The van der Waals surface area contributed by atoms with Crippen molar-refractivity contribution in [2.75, 3.05) is 0 Å². The second-order valence-electron chi connectivity index (χ2n) is 2.35. The zero-order valence-corrected chi connectivity index (χ0v) is 8.71. The average Bonchev–Trinajstić information content (AvgIpc) is 2.05. The van der Waals surface area contributed by atoms with Crippen LogP contribution in [0.25, 0.3) is 0 Å². The monoisotopic (exact) mass is 236 g/mol. The lowest BCUT2D eigenvalue weighted by Gasteiger charge is -2.17. The van der Waals surface area contributed by atoms with Crippen LogP contribution < -0.4 is 11.1 Å². The molecule has 70 valence electrons. The number of nitrogens with two attached hydrogens (primary N) is 1. The average molecular weight is 237 g/mol. The largest absolute Gasteiger partial charge is 0.351 e. The molecule has 0 bridgehead atoms. The van der Waals surface area contributed by atoms with Gasteiger partial charge in [0.1, 0.15) is 5.38 Å². The molecular weight excluding hydrogens is 231 g/mol. The fraction of sp³-hybridized carbons (Fsp3) is 0.143. The molecule has 6 heteroatoms. The maximum Gasteiger partial charge on any atom is 0.316 e.